The quantitative estimate of drug-likeness (QED) is 0.651. The van der Waals surface area contributed by atoms with E-state index in [1.165, 1.54) is 4.90 Å². The van der Waals surface area contributed by atoms with E-state index < -0.39 is 24.0 Å². The number of nitrogens with zero attached hydrogens (tertiary/aromatic N) is 2. The van der Waals surface area contributed by atoms with Crippen LogP contribution in [0.2, 0.25) is 0 Å². The summed E-state index contributed by atoms with van der Waals surface area (Å²) < 4.78 is 0. The van der Waals surface area contributed by atoms with Gasteiger partial charge in [-0.05, 0) is 6.42 Å². The molecule has 0 aliphatic carbocycles. The van der Waals surface area contributed by atoms with Crippen LogP contribution >= 0.6 is 0 Å². The summed E-state index contributed by atoms with van der Waals surface area (Å²) >= 11 is 0. The Balaban J connectivity index is 1.99. The van der Waals surface area contributed by atoms with Crippen LogP contribution in [0, 0.1) is 0 Å². The lowest BCUT2D eigenvalue weighted by atomic mass is 10.2. The highest BCUT2D eigenvalue weighted by molar-refractivity contribution is 5.89. The third-order valence-corrected chi connectivity index (χ3v) is 3.38. The van der Waals surface area contributed by atoms with Gasteiger partial charge < -0.3 is 20.0 Å². The van der Waals surface area contributed by atoms with Crippen LogP contribution in [0.3, 0.4) is 0 Å². The third kappa shape index (κ3) is 2.45. The zero-order chi connectivity index (χ0) is 13.3. The molecule has 0 aromatic rings. The average Bonchev–Trinajstić information content (AvgIpc) is 2.86. The number of aliphatic hydroxyl groups is 1. The largest absolute Gasteiger partial charge is 0.480 e. The van der Waals surface area contributed by atoms with E-state index in [2.05, 4.69) is 0 Å². The van der Waals surface area contributed by atoms with Crippen molar-refractivity contribution in [1.29, 1.82) is 0 Å². The number of hydrogen-bond acceptors (Lipinski definition) is 4. The average molecular weight is 256 g/mol. The van der Waals surface area contributed by atoms with Gasteiger partial charge in [0.05, 0.1) is 12.6 Å². The molecular weight excluding hydrogens is 240 g/mol. The molecule has 0 aromatic carbocycles. The molecule has 2 N–H and O–H groups in total. The second-order valence-electron chi connectivity index (χ2n) is 4.71. The summed E-state index contributed by atoms with van der Waals surface area (Å²) in [6.45, 7) is 0.478. The zero-order valence-electron chi connectivity index (χ0n) is 9.91. The van der Waals surface area contributed by atoms with E-state index in [1.54, 1.807) is 0 Å². The Morgan fingerprint density at radius 1 is 1.39 bits per heavy atom. The Bertz CT molecular complexity index is 384. The van der Waals surface area contributed by atoms with Crippen molar-refractivity contribution in [3.05, 3.63) is 0 Å². The monoisotopic (exact) mass is 256 g/mol. The van der Waals surface area contributed by atoms with Crippen molar-refractivity contribution in [1.82, 2.24) is 9.80 Å². The minimum Gasteiger partial charge on any atom is -0.480 e. The van der Waals surface area contributed by atoms with Crippen LogP contribution in [0.25, 0.3) is 0 Å². The molecule has 7 heteroatoms. The normalized spacial score (nSPS) is 27.9. The van der Waals surface area contributed by atoms with Gasteiger partial charge in [-0.3, -0.25) is 9.59 Å². The van der Waals surface area contributed by atoms with Gasteiger partial charge in [0.15, 0.2) is 0 Å². The summed E-state index contributed by atoms with van der Waals surface area (Å²) in [4.78, 5) is 36.9. The number of carboxylic acid groups (broad SMARTS) is 1. The molecule has 0 aromatic heterocycles. The molecule has 2 fully saturated rings. The third-order valence-electron chi connectivity index (χ3n) is 3.38. The SMILES string of the molecule is O=C(O)C1CC(O)CN1C(=O)CN1CCCC1=O. The Kier molecular flexibility index (Phi) is 3.51. The number of carboxylic acids is 1. The van der Waals surface area contributed by atoms with Crippen molar-refractivity contribution < 1.29 is 24.6 Å². The van der Waals surface area contributed by atoms with Gasteiger partial charge in [0, 0.05) is 25.9 Å². The molecule has 100 valence electrons. The minimum atomic E-state index is -1.12. The molecule has 2 heterocycles. The highest BCUT2D eigenvalue weighted by Gasteiger charge is 2.39. The smallest absolute Gasteiger partial charge is 0.326 e. The number of likely N-dealkylation sites (tertiary alicyclic amines) is 2. The predicted octanol–water partition coefficient (Wildman–Crippen LogP) is -1.34. The van der Waals surface area contributed by atoms with Crippen molar-refractivity contribution in [2.24, 2.45) is 0 Å². The summed E-state index contributed by atoms with van der Waals surface area (Å²) in [5, 5.41) is 18.4. The van der Waals surface area contributed by atoms with Crippen LogP contribution in [-0.4, -0.2) is 69.6 Å². The number of rotatable bonds is 3. The van der Waals surface area contributed by atoms with Gasteiger partial charge >= 0.3 is 5.97 Å². The molecule has 2 rings (SSSR count). The van der Waals surface area contributed by atoms with Crippen LogP contribution in [-0.2, 0) is 14.4 Å². The Labute approximate surface area is 104 Å². The van der Waals surface area contributed by atoms with Crippen molar-refractivity contribution in [3.63, 3.8) is 0 Å². The van der Waals surface area contributed by atoms with Crippen LogP contribution in [0.4, 0.5) is 0 Å². The second-order valence-corrected chi connectivity index (χ2v) is 4.71. The fraction of sp³-hybridized carbons (Fsp3) is 0.727. The van der Waals surface area contributed by atoms with E-state index >= 15 is 0 Å². The highest BCUT2D eigenvalue weighted by atomic mass is 16.4. The van der Waals surface area contributed by atoms with Crippen molar-refractivity contribution >= 4 is 17.8 Å². The molecule has 18 heavy (non-hydrogen) atoms. The summed E-state index contributed by atoms with van der Waals surface area (Å²) in [6, 6.07) is -0.981. The first-order chi connectivity index (χ1) is 8.49. The lowest BCUT2D eigenvalue weighted by Gasteiger charge is -2.24. The van der Waals surface area contributed by atoms with Crippen LogP contribution < -0.4 is 0 Å². The van der Waals surface area contributed by atoms with Crippen molar-refractivity contribution in [2.45, 2.75) is 31.4 Å². The van der Waals surface area contributed by atoms with E-state index in [0.717, 1.165) is 11.3 Å². The molecule has 2 amide bonds. The van der Waals surface area contributed by atoms with Gasteiger partial charge in [-0.2, -0.15) is 0 Å². The van der Waals surface area contributed by atoms with Gasteiger partial charge in [0.1, 0.15) is 6.04 Å². The maximum absolute atomic E-state index is 12.0. The molecule has 7 nitrogen and oxygen atoms in total. The minimum absolute atomic E-state index is 0.0256. The van der Waals surface area contributed by atoms with Gasteiger partial charge in [-0.25, -0.2) is 4.79 Å². The van der Waals surface area contributed by atoms with E-state index in [4.69, 9.17) is 5.11 Å². The summed E-state index contributed by atoms with van der Waals surface area (Å²) in [7, 11) is 0. The molecule has 0 radical (unpaired) electrons. The van der Waals surface area contributed by atoms with Gasteiger partial charge in [0.25, 0.3) is 0 Å². The van der Waals surface area contributed by atoms with Crippen LogP contribution in [0.1, 0.15) is 19.3 Å². The summed E-state index contributed by atoms with van der Waals surface area (Å²) in [5.74, 6) is -1.60. The van der Waals surface area contributed by atoms with Crippen molar-refractivity contribution in [2.75, 3.05) is 19.6 Å². The highest BCUT2D eigenvalue weighted by Crippen LogP contribution is 2.19. The molecule has 2 aliphatic heterocycles. The molecule has 0 bridgehead atoms. The summed E-state index contributed by atoms with van der Waals surface area (Å²) in [6.07, 6.45) is 0.425. The fourth-order valence-electron chi connectivity index (χ4n) is 2.45. The van der Waals surface area contributed by atoms with Crippen LogP contribution in [0.5, 0.6) is 0 Å². The topological polar surface area (TPSA) is 98.2 Å². The van der Waals surface area contributed by atoms with E-state index in [1.807, 2.05) is 0 Å². The molecule has 2 unspecified atom stereocenters. The van der Waals surface area contributed by atoms with Gasteiger partial charge in [-0.15, -0.1) is 0 Å². The lowest BCUT2D eigenvalue weighted by Crippen LogP contribution is -2.46. The maximum Gasteiger partial charge on any atom is 0.326 e. The first-order valence-corrected chi connectivity index (χ1v) is 5.97. The maximum atomic E-state index is 12.0. The number of aliphatic hydroxyl groups excluding tert-OH is 1. The van der Waals surface area contributed by atoms with Crippen LogP contribution in [0.15, 0.2) is 0 Å². The Morgan fingerprint density at radius 3 is 2.67 bits per heavy atom. The zero-order valence-corrected chi connectivity index (χ0v) is 9.91. The molecular formula is C11H16N2O5. The number of carbonyl (C=O) groups excluding carboxylic acids is 2. The Hall–Kier alpha value is -1.63. The predicted molar refractivity (Wildman–Crippen MR) is 59.6 cm³/mol. The molecule has 2 saturated heterocycles. The number of carbonyl (C=O) groups is 3. The first-order valence-electron chi connectivity index (χ1n) is 5.97. The number of amides is 2. The molecule has 0 spiro atoms. The van der Waals surface area contributed by atoms with E-state index in [9.17, 15) is 19.5 Å². The molecule has 2 atom stereocenters. The molecule has 2 aliphatic rings. The summed E-state index contributed by atoms with van der Waals surface area (Å²) in [5.41, 5.74) is 0. The fourth-order valence-corrected chi connectivity index (χ4v) is 2.45. The van der Waals surface area contributed by atoms with E-state index in [-0.39, 0.29) is 25.4 Å². The van der Waals surface area contributed by atoms with E-state index in [0.29, 0.717) is 13.0 Å². The molecule has 0 saturated carbocycles. The number of β-amino-alcohol motifs (C(OH)–C–C–N with tert-alkyl or cyclic N) is 1. The van der Waals surface area contributed by atoms with Gasteiger partial charge in [-0.1, -0.05) is 0 Å². The van der Waals surface area contributed by atoms with Gasteiger partial charge in [0.2, 0.25) is 11.8 Å². The number of hydrogen-bond donors (Lipinski definition) is 2. The van der Waals surface area contributed by atoms with Crippen molar-refractivity contribution in [3.8, 4) is 0 Å². The Morgan fingerprint density at radius 2 is 2.11 bits per heavy atom. The second kappa shape index (κ2) is 4.93. The lowest BCUT2D eigenvalue weighted by molar-refractivity contribution is -0.149. The standard InChI is InChI=1S/C11H16N2O5/c14-7-4-8(11(17)18)13(5-7)10(16)6-12-3-1-2-9(12)15/h7-8,14H,1-6H2,(H,17,18). The first kappa shape index (κ1) is 12.8. The number of aliphatic carboxylic acids is 1.